The molecule has 0 spiro atoms. The van der Waals surface area contributed by atoms with E-state index < -0.39 is 11.7 Å². The molecule has 0 atom stereocenters. The topological polar surface area (TPSA) is 89.0 Å². The predicted octanol–water partition coefficient (Wildman–Crippen LogP) is 2.56. The van der Waals surface area contributed by atoms with Crippen LogP contribution in [0.15, 0.2) is 4.99 Å². The van der Waals surface area contributed by atoms with Crippen LogP contribution in [0.4, 0.5) is 4.79 Å². The molecule has 24 heavy (non-hydrogen) atoms. The van der Waals surface area contributed by atoms with E-state index in [4.69, 9.17) is 9.47 Å². The highest BCUT2D eigenvalue weighted by Crippen LogP contribution is 2.55. The number of hydrogen-bond donors (Lipinski definition) is 2. The Balaban J connectivity index is 1.89. The minimum absolute atomic E-state index is 0.0494. The summed E-state index contributed by atoms with van der Waals surface area (Å²) < 4.78 is 11.0. The first kappa shape index (κ1) is 21.0. The third-order valence-corrected chi connectivity index (χ3v) is 5.02. The molecule has 0 unspecified atom stereocenters. The predicted molar refractivity (Wildman–Crippen MR) is 99.4 cm³/mol. The Bertz CT molecular complexity index is 423. The lowest BCUT2D eigenvalue weighted by molar-refractivity contribution is -0.119. The second-order valence-electron chi connectivity index (χ2n) is 6.21. The van der Waals surface area contributed by atoms with Crippen molar-refractivity contribution in [3.05, 3.63) is 0 Å². The highest BCUT2D eigenvalue weighted by molar-refractivity contribution is 8.92. The number of alkyl carbamates (subject to hydrolysis) is 1. The van der Waals surface area contributed by atoms with Gasteiger partial charge in [-0.2, -0.15) is 0 Å². The zero-order valence-electron chi connectivity index (χ0n) is 14.5. The Morgan fingerprint density at radius 3 is 2.58 bits per heavy atom. The maximum Gasteiger partial charge on any atom is 0.407 e. The summed E-state index contributed by atoms with van der Waals surface area (Å²) in [5, 5.41) is 5.38. The second-order valence-corrected chi connectivity index (χ2v) is 9.19. The van der Waals surface area contributed by atoms with Crippen LogP contribution in [-0.2, 0) is 14.3 Å². The van der Waals surface area contributed by atoms with Crippen LogP contribution in [-0.4, -0.2) is 54.8 Å². The molecule has 1 fully saturated rings. The van der Waals surface area contributed by atoms with Crippen LogP contribution in [0, 0.1) is 0 Å². The molecule has 2 N–H and O–H groups in total. The molecule has 0 bridgehead atoms. The molecule has 1 aliphatic heterocycles. The van der Waals surface area contributed by atoms with Gasteiger partial charge in [0, 0.05) is 6.54 Å². The van der Waals surface area contributed by atoms with Gasteiger partial charge in [-0.15, -0.1) is 0 Å². The normalized spacial score (nSPS) is 14.5. The fraction of sp³-hybridized carbons (Fsp3) is 0.800. The van der Waals surface area contributed by atoms with Gasteiger partial charge in [-0.05, 0) is 40.0 Å². The number of rotatable bonds is 11. The van der Waals surface area contributed by atoms with Gasteiger partial charge >= 0.3 is 6.09 Å². The van der Waals surface area contributed by atoms with Gasteiger partial charge < -0.3 is 20.1 Å². The molecule has 0 aromatic heterocycles. The summed E-state index contributed by atoms with van der Waals surface area (Å²) >= 11 is 0. The van der Waals surface area contributed by atoms with Crippen molar-refractivity contribution in [2.45, 2.75) is 50.2 Å². The molecule has 1 aliphatic rings. The molecule has 0 aromatic rings. The first-order valence-electron chi connectivity index (χ1n) is 8.02. The molecule has 0 aromatic carbocycles. The molecule has 138 valence electrons. The Morgan fingerprint density at radius 1 is 1.17 bits per heavy atom. The first-order chi connectivity index (χ1) is 11.4. The Hall–Kier alpha value is -1.09. The molecular weight excluding hydrogens is 350 g/mol. The van der Waals surface area contributed by atoms with Gasteiger partial charge in [-0.25, -0.2) is 9.79 Å². The summed E-state index contributed by atoms with van der Waals surface area (Å²) in [6, 6.07) is 0. The molecule has 9 heteroatoms. The van der Waals surface area contributed by atoms with E-state index in [0.29, 0.717) is 13.1 Å². The van der Waals surface area contributed by atoms with E-state index in [2.05, 4.69) is 15.6 Å². The summed E-state index contributed by atoms with van der Waals surface area (Å²) in [5.41, 5.74) is -0.518. The molecule has 2 amide bonds. The van der Waals surface area contributed by atoms with Crippen molar-refractivity contribution in [1.29, 1.82) is 0 Å². The summed E-state index contributed by atoms with van der Waals surface area (Å²) in [6.45, 7) is 6.71. The number of hydrogen-bond acceptors (Lipinski definition) is 7. The smallest absolute Gasteiger partial charge is 0.407 e. The van der Waals surface area contributed by atoms with E-state index in [1.54, 1.807) is 20.8 Å². The van der Waals surface area contributed by atoms with Crippen LogP contribution < -0.4 is 10.6 Å². The zero-order valence-corrected chi connectivity index (χ0v) is 16.1. The number of ether oxygens (including phenoxy) is 2. The van der Waals surface area contributed by atoms with Gasteiger partial charge in [0.15, 0.2) is 6.40 Å². The molecule has 7 nitrogen and oxygen atoms in total. The molecule has 1 rings (SSSR count). The van der Waals surface area contributed by atoms with Crippen molar-refractivity contribution in [2.24, 2.45) is 4.99 Å². The first-order valence-corrected chi connectivity index (χ1v) is 10.3. The third-order valence-electron chi connectivity index (χ3n) is 2.69. The number of carbonyl (C=O) groups is 2. The van der Waals surface area contributed by atoms with Crippen molar-refractivity contribution < 1.29 is 19.1 Å². The Morgan fingerprint density at radius 2 is 1.92 bits per heavy atom. The average molecular weight is 378 g/mol. The lowest BCUT2D eigenvalue weighted by Crippen LogP contribution is -2.34. The quantitative estimate of drug-likeness (QED) is 0.189. The summed E-state index contributed by atoms with van der Waals surface area (Å²) in [7, 11) is 3.84. The molecular formula is C15H27N3O4S2. The Kier molecular flexibility index (Phi) is 10.0. The molecule has 0 radical (unpaired) electrons. The average Bonchev–Trinajstić information content (AvgIpc) is 3.28. The van der Waals surface area contributed by atoms with Crippen molar-refractivity contribution in [3.63, 3.8) is 0 Å². The summed E-state index contributed by atoms with van der Waals surface area (Å²) in [6.07, 6.45) is 4.11. The van der Waals surface area contributed by atoms with E-state index >= 15 is 0 Å². The highest BCUT2D eigenvalue weighted by atomic mass is 33.2. The standard InChI is InChI=1S/C15H27N3O4S2/c1-15(2,3)22-14(20)18-8-9-21-11-16-10-12(19)17-7-5-4-6-13-23-24-13/h11,13H,4-10H2,1-3H3,(H,17,19)(H,18,20). The number of nitrogens with zero attached hydrogens (tertiary/aromatic N) is 1. The van der Waals surface area contributed by atoms with Gasteiger partial charge in [0.05, 0.1) is 11.1 Å². The number of aliphatic imine (C=N–C) groups is 1. The SMILES string of the molecule is CC(C)(C)OC(=O)NCCOC=NCC(=O)NCCCCC1SS1. The van der Waals surface area contributed by atoms with E-state index in [0.717, 1.165) is 17.4 Å². The van der Waals surface area contributed by atoms with Crippen LogP contribution in [0.25, 0.3) is 0 Å². The minimum atomic E-state index is -0.518. The summed E-state index contributed by atoms with van der Waals surface area (Å²) in [5.74, 6) is -0.114. The Labute approximate surface area is 151 Å². The number of amides is 2. The number of nitrogens with one attached hydrogen (secondary N) is 2. The monoisotopic (exact) mass is 377 g/mol. The second kappa shape index (κ2) is 11.5. The van der Waals surface area contributed by atoms with Crippen LogP contribution in [0.5, 0.6) is 0 Å². The van der Waals surface area contributed by atoms with E-state index in [-0.39, 0.29) is 19.1 Å². The van der Waals surface area contributed by atoms with Crippen LogP contribution in [0.3, 0.4) is 0 Å². The van der Waals surface area contributed by atoms with Gasteiger partial charge in [0.1, 0.15) is 18.8 Å². The van der Waals surface area contributed by atoms with Gasteiger partial charge in [-0.3, -0.25) is 4.79 Å². The van der Waals surface area contributed by atoms with Crippen molar-refractivity contribution in [3.8, 4) is 0 Å². The van der Waals surface area contributed by atoms with E-state index in [1.807, 2.05) is 21.6 Å². The maximum absolute atomic E-state index is 11.5. The van der Waals surface area contributed by atoms with Crippen LogP contribution >= 0.6 is 21.6 Å². The fourth-order valence-corrected chi connectivity index (χ4v) is 3.02. The molecule has 1 heterocycles. The number of unbranched alkanes of at least 4 members (excludes halogenated alkanes) is 1. The zero-order chi connectivity index (χ0) is 17.8. The maximum atomic E-state index is 11.5. The molecule has 1 saturated heterocycles. The summed E-state index contributed by atoms with van der Waals surface area (Å²) in [4.78, 5) is 26.7. The van der Waals surface area contributed by atoms with Crippen molar-refractivity contribution >= 4 is 40.0 Å². The fourth-order valence-electron chi connectivity index (χ4n) is 1.61. The highest BCUT2D eigenvalue weighted by Gasteiger charge is 2.22. The number of carbonyl (C=O) groups excluding carboxylic acids is 2. The van der Waals surface area contributed by atoms with Crippen molar-refractivity contribution in [1.82, 2.24) is 10.6 Å². The lowest BCUT2D eigenvalue weighted by Gasteiger charge is -2.19. The van der Waals surface area contributed by atoms with Crippen LogP contribution in [0.2, 0.25) is 0 Å². The van der Waals surface area contributed by atoms with E-state index in [9.17, 15) is 9.59 Å². The van der Waals surface area contributed by atoms with Gasteiger partial charge in [0.2, 0.25) is 5.91 Å². The minimum Gasteiger partial charge on any atom is -0.482 e. The molecule has 0 saturated carbocycles. The van der Waals surface area contributed by atoms with Gasteiger partial charge in [-0.1, -0.05) is 21.6 Å². The van der Waals surface area contributed by atoms with Crippen LogP contribution in [0.1, 0.15) is 40.0 Å². The molecule has 0 aliphatic carbocycles. The van der Waals surface area contributed by atoms with E-state index in [1.165, 1.54) is 12.8 Å². The largest absolute Gasteiger partial charge is 0.482 e. The third kappa shape index (κ3) is 13.4. The lowest BCUT2D eigenvalue weighted by atomic mass is 10.2. The van der Waals surface area contributed by atoms with Crippen molar-refractivity contribution in [2.75, 3.05) is 26.2 Å². The van der Waals surface area contributed by atoms with Gasteiger partial charge in [0.25, 0.3) is 0 Å².